The van der Waals surface area contributed by atoms with E-state index in [2.05, 4.69) is 10.3 Å². The Labute approximate surface area is 125 Å². The Bertz CT molecular complexity index is 730. The molecule has 0 saturated heterocycles. The molecule has 1 aromatic heterocycles. The molecule has 21 heavy (non-hydrogen) atoms. The number of amides is 1. The van der Waals surface area contributed by atoms with Crippen LogP contribution in [0.5, 0.6) is 5.75 Å². The highest BCUT2D eigenvalue weighted by atomic mass is 35.5. The molecular weight excluding hydrogens is 296 g/mol. The van der Waals surface area contributed by atoms with E-state index in [1.807, 2.05) is 0 Å². The van der Waals surface area contributed by atoms with Crippen LogP contribution in [-0.4, -0.2) is 22.6 Å². The molecule has 8 heteroatoms. The maximum atomic E-state index is 11.9. The monoisotopic (exact) mass is 308 g/mol. The lowest BCUT2D eigenvalue weighted by molar-refractivity contribution is -0.116. The quantitative estimate of drug-likeness (QED) is 0.825. The van der Waals surface area contributed by atoms with Gasteiger partial charge in [0.15, 0.2) is 0 Å². The van der Waals surface area contributed by atoms with Gasteiger partial charge in [0.2, 0.25) is 5.91 Å². The first-order chi connectivity index (χ1) is 9.99. The Morgan fingerprint density at radius 1 is 1.52 bits per heavy atom. The highest BCUT2D eigenvalue weighted by Crippen LogP contribution is 2.23. The second kappa shape index (κ2) is 6.27. The summed E-state index contributed by atoms with van der Waals surface area (Å²) in [6.07, 6.45) is 2.56. The number of nitrogens with zero attached hydrogens (tertiary/aromatic N) is 2. The molecule has 0 aliphatic heterocycles. The minimum Gasteiger partial charge on any atom is -0.497 e. The van der Waals surface area contributed by atoms with E-state index < -0.39 is 11.6 Å². The summed E-state index contributed by atoms with van der Waals surface area (Å²) in [6.45, 7) is -0.210. The van der Waals surface area contributed by atoms with Crippen molar-refractivity contribution < 1.29 is 9.53 Å². The van der Waals surface area contributed by atoms with Crippen LogP contribution in [0.2, 0.25) is 5.02 Å². The van der Waals surface area contributed by atoms with E-state index in [0.29, 0.717) is 17.1 Å². The molecule has 1 heterocycles. The number of nitrogens with two attached hydrogens (primary N) is 1. The summed E-state index contributed by atoms with van der Waals surface area (Å²) < 4.78 is 6.13. The van der Waals surface area contributed by atoms with Crippen molar-refractivity contribution in [3.8, 4) is 5.75 Å². The predicted octanol–water partition coefficient (Wildman–Crippen LogP) is 1.13. The van der Waals surface area contributed by atoms with Gasteiger partial charge in [0.25, 0.3) is 0 Å². The molecule has 0 radical (unpaired) electrons. The first-order valence-electron chi connectivity index (χ1n) is 5.95. The minimum atomic E-state index is -0.558. The zero-order chi connectivity index (χ0) is 15.4. The lowest BCUT2D eigenvalue weighted by atomic mass is 10.2. The Morgan fingerprint density at radius 3 is 2.95 bits per heavy atom. The van der Waals surface area contributed by atoms with Gasteiger partial charge >= 0.3 is 5.69 Å². The fourth-order valence-electron chi connectivity index (χ4n) is 1.67. The number of carbonyl (C=O) groups excluding carboxylic acids is 1. The Morgan fingerprint density at radius 2 is 2.29 bits per heavy atom. The standard InChI is InChI=1S/C13H13ClN4O3/c1-21-9-2-3-11(10(15)4-9)17-12(19)7-18-6-8(14)5-16-13(18)20/h2-6H,7,15H2,1H3,(H,17,19). The molecule has 0 saturated carbocycles. The van der Waals surface area contributed by atoms with Crippen LogP contribution in [0.1, 0.15) is 0 Å². The molecule has 2 aromatic rings. The Kier molecular flexibility index (Phi) is 4.44. The number of hydrogen-bond donors (Lipinski definition) is 2. The van der Waals surface area contributed by atoms with Gasteiger partial charge in [-0.2, -0.15) is 0 Å². The zero-order valence-corrected chi connectivity index (χ0v) is 11.9. The van der Waals surface area contributed by atoms with E-state index in [0.717, 1.165) is 4.57 Å². The number of halogens is 1. The molecule has 2 rings (SSSR count). The SMILES string of the molecule is COc1ccc(NC(=O)Cn2cc(Cl)cnc2=O)c(N)c1. The zero-order valence-electron chi connectivity index (χ0n) is 11.2. The molecule has 3 N–H and O–H groups in total. The summed E-state index contributed by atoms with van der Waals surface area (Å²) in [5.74, 6) is 0.166. The Balaban J connectivity index is 2.11. The lowest BCUT2D eigenvalue weighted by Crippen LogP contribution is -2.28. The normalized spacial score (nSPS) is 10.2. The number of carbonyl (C=O) groups is 1. The van der Waals surface area contributed by atoms with Crippen LogP contribution in [-0.2, 0) is 11.3 Å². The second-order valence-electron chi connectivity index (χ2n) is 4.18. The third-order valence-electron chi connectivity index (χ3n) is 2.67. The van der Waals surface area contributed by atoms with Crippen molar-refractivity contribution in [2.24, 2.45) is 0 Å². The molecule has 7 nitrogen and oxygen atoms in total. The van der Waals surface area contributed by atoms with E-state index in [-0.39, 0.29) is 11.6 Å². The predicted molar refractivity (Wildman–Crippen MR) is 79.5 cm³/mol. The van der Waals surface area contributed by atoms with Crippen LogP contribution in [0.4, 0.5) is 11.4 Å². The van der Waals surface area contributed by atoms with Crippen LogP contribution in [0.15, 0.2) is 35.4 Å². The number of ether oxygens (including phenoxy) is 1. The third kappa shape index (κ3) is 3.73. The molecule has 0 spiro atoms. The molecule has 0 atom stereocenters. The van der Waals surface area contributed by atoms with Crippen LogP contribution in [0.3, 0.4) is 0 Å². The van der Waals surface area contributed by atoms with Gasteiger partial charge in [-0.1, -0.05) is 11.6 Å². The molecular formula is C13H13ClN4O3. The fourth-order valence-corrected chi connectivity index (χ4v) is 1.83. The van der Waals surface area contributed by atoms with Gasteiger partial charge < -0.3 is 15.8 Å². The number of aromatic nitrogens is 2. The highest BCUT2D eigenvalue weighted by molar-refractivity contribution is 6.30. The van der Waals surface area contributed by atoms with Crippen molar-refractivity contribution in [2.45, 2.75) is 6.54 Å². The maximum Gasteiger partial charge on any atom is 0.348 e. The van der Waals surface area contributed by atoms with Crippen molar-refractivity contribution in [3.05, 3.63) is 46.1 Å². The van der Waals surface area contributed by atoms with E-state index in [1.54, 1.807) is 18.2 Å². The summed E-state index contributed by atoms with van der Waals surface area (Å²) in [6, 6.07) is 4.87. The third-order valence-corrected chi connectivity index (χ3v) is 2.87. The van der Waals surface area contributed by atoms with Crippen LogP contribution in [0, 0.1) is 0 Å². The molecule has 0 fully saturated rings. The molecule has 1 amide bonds. The number of nitrogen functional groups attached to an aromatic ring is 1. The molecule has 0 aliphatic rings. The minimum absolute atomic E-state index is 0.210. The molecule has 0 bridgehead atoms. The van der Waals surface area contributed by atoms with Crippen molar-refractivity contribution >= 4 is 28.9 Å². The molecule has 1 aromatic carbocycles. The average molecular weight is 309 g/mol. The number of benzene rings is 1. The van der Waals surface area contributed by atoms with Crippen LogP contribution < -0.4 is 21.5 Å². The van der Waals surface area contributed by atoms with Crippen molar-refractivity contribution in [3.63, 3.8) is 0 Å². The first kappa shape index (κ1) is 14.9. The van der Waals surface area contributed by atoms with Gasteiger partial charge in [0.05, 0.1) is 29.7 Å². The number of rotatable bonds is 4. The van der Waals surface area contributed by atoms with E-state index >= 15 is 0 Å². The summed E-state index contributed by atoms with van der Waals surface area (Å²) in [4.78, 5) is 26.9. The van der Waals surface area contributed by atoms with Gasteiger partial charge in [0, 0.05) is 12.3 Å². The van der Waals surface area contributed by atoms with Crippen molar-refractivity contribution in [2.75, 3.05) is 18.2 Å². The summed E-state index contributed by atoms with van der Waals surface area (Å²) in [7, 11) is 1.52. The Hall–Kier alpha value is -2.54. The highest BCUT2D eigenvalue weighted by Gasteiger charge is 2.09. The molecule has 0 aliphatic carbocycles. The maximum absolute atomic E-state index is 11.9. The van der Waals surface area contributed by atoms with E-state index in [4.69, 9.17) is 22.1 Å². The first-order valence-corrected chi connectivity index (χ1v) is 6.33. The summed E-state index contributed by atoms with van der Waals surface area (Å²) >= 11 is 5.73. The van der Waals surface area contributed by atoms with E-state index in [1.165, 1.54) is 19.5 Å². The number of hydrogen-bond acceptors (Lipinski definition) is 5. The topological polar surface area (TPSA) is 99.2 Å². The fraction of sp³-hybridized carbons (Fsp3) is 0.154. The lowest BCUT2D eigenvalue weighted by Gasteiger charge is -2.10. The van der Waals surface area contributed by atoms with Gasteiger partial charge in [0.1, 0.15) is 12.3 Å². The van der Waals surface area contributed by atoms with Gasteiger partial charge in [-0.15, -0.1) is 0 Å². The number of anilines is 2. The van der Waals surface area contributed by atoms with Crippen LogP contribution >= 0.6 is 11.6 Å². The van der Waals surface area contributed by atoms with Gasteiger partial charge in [-0.05, 0) is 12.1 Å². The van der Waals surface area contributed by atoms with Crippen LogP contribution in [0.25, 0.3) is 0 Å². The number of nitrogens with one attached hydrogen (secondary N) is 1. The summed E-state index contributed by atoms with van der Waals surface area (Å²) in [5, 5.41) is 2.88. The largest absolute Gasteiger partial charge is 0.497 e. The van der Waals surface area contributed by atoms with Gasteiger partial charge in [-0.25, -0.2) is 9.78 Å². The summed E-state index contributed by atoms with van der Waals surface area (Å²) in [5.41, 5.74) is 6.03. The molecule has 110 valence electrons. The smallest absolute Gasteiger partial charge is 0.348 e. The van der Waals surface area contributed by atoms with E-state index in [9.17, 15) is 9.59 Å². The van der Waals surface area contributed by atoms with Crippen molar-refractivity contribution in [1.82, 2.24) is 9.55 Å². The molecule has 0 unspecified atom stereocenters. The average Bonchev–Trinajstić information content (AvgIpc) is 2.45. The second-order valence-corrected chi connectivity index (χ2v) is 4.62. The number of methoxy groups -OCH3 is 1. The van der Waals surface area contributed by atoms with Crippen molar-refractivity contribution in [1.29, 1.82) is 0 Å². The van der Waals surface area contributed by atoms with Gasteiger partial charge in [-0.3, -0.25) is 9.36 Å².